The van der Waals surface area contributed by atoms with E-state index in [0.717, 1.165) is 61.8 Å². The highest BCUT2D eigenvalue weighted by atomic mass is 15.4. The Bertz CT molecular complexity index is 1010. The van der Waals surface area contributed by atoms with E-state index in [0.29, 0.717) is 5.92 Å². The monoisotopic (exact) mass is 460 g/mol. The minimum atomic E-state index is 0.155. The first-order chi connectivity index (χ1) is 16.6. The van der Waals surface area contributed by atoms with Gasteiger partial charge in [0.1, 0.15) is 0 Å². The van der Waals surface area contributed by atoms with Crippen LogP contribution in [0.25, 0.3) is 0 Å². The molecule has 0 atom stereocenters. The second kappa shape index (κ2) is 11.8. The SMILES string of the molecule is C/C(=N\N=C(N)N/N=C(\C)c1ccc(N2CCNCC2)cc1)c1ccc(C2CCNCC2)cc1. The molecule has 0 bridgehead atoms. The number of benzene rings is 2. The van der Waals surface area contributed by atoms with Crippen LogP contribution in [0.15, 0.2) is 63.8 Å². The summed E-state index contributed by atoms with van der Waals surface area (Å²) in [5.74, 6) is 0.798. The van der Waals surface area contributed by atoms with E-state index >= 15 is 0 Å². The van der Waals surface area contributed by atoms with Crippen molar-refractivity contribution in [1.82, 2.24) is 16.1 Å². The van der Waals surface area contributed by atoms with Gasteiger partial charge in [-0.1, -0.05) is 36.4 Å². The van der Waals surface area contributed by atoms with E-state index in [2.05, 4.69) is 84.8 Å². The Hall–Kier alpha value is -3.23. The summed E-state index contributed by atoms with van der Waals surface area (Å²) in [6, 6.07) is 17.1. The molecule has 0 radical (unpaired) electrons. The Morgan fingerprint density at radius 2 is 1.41 bits per heavy atom. The summed E-state index contributed by atoms with van der Waals surface area (Å²) in [4.78, 5) is 2.39. The number of hydrogen-bond donors (Lipinski definition) is 4. The Morgan fingerprint density at radius 1 is 0.824 bits per heavy atom. The van der Waals surface area contributed by atoms with Crippen LogP contribution in [-0.2, 0) is 0 Å². The largest absolute Gasteiger partial charge is 0.369 e. The minimum absolute atomic E-state index is 0.155. The van der Waals surface area contributed by atoms with Gasteiger partial charge in [-0.05, 0) is 74.5 Å². The van der Waals surface area contributed by atoms with Gasteiger partial charge in [-0.2, -0.15) is 10.2 Å². The first-order valence-electron chi connectivity index (χ1n) is 12.2. The Balaban J connectivity index is 1.32. The normalized spacial score (nSPS) is 18.8. The average Bonchev–Trinajstić information content (AvgIpc) is 2.91. The molecule has 0 aromatic heterocycles. The van der Waals surface area contributed by atoms with Crippen LogP contribution in [0.5, 0.6) is 0 Å². The second-order valence-electron chi connectivity index (χ2n) is 8.91. The zero-order chi connectivity index (χ0) is 23.8. The van der Waals surface area contributed by atoms with E-state index in [9.17, 15) is 0 Å². The number of guanidine groups is 1. The van der Waals surface area contributed by atoms with Gasteiger partial charge in [0.15, 0.2) is 0 Å². The van der Waals surface area contributed by atoms with E-state index in [1.54, 1.807) is 0 Å². The lowest BCUT2D eigenvalue weighted by Crippen LogP contribution is -2.43. The van der Waals surface area contributed by atoms with Gasteiger partial charge < -0.3 is 21.3 Å². The van der Waals surface area contributed by atoms with Crippen LogP contribution < -0.4 is 26.7 Å². The third-order valence-electron chi connectivity index (χ3n) is 6.55. The highest BCUT2D eigenvalue weighted by Crippen LogP contribution is 2.25. The van der Waals surface area contributed by atoms with Crippen LogP contribution in [-0.4, -0.2) is 56.7 Å². The number of rotatable bonds is 6. The molecule has 0 amide bonds. The summed E-state index contributed by atoms with van der Waals surface area (Å²) >= 11 is 0. The molecule has 2 saturated heterocycles. The Morgan fingerprint density at radius 3 is 2.09 bits per heavy atom. The lowest BCUT2D eigenvalue weighted by atomic mass is 9.89. The molecule has 2 aliphatic heterocycles. The van der Waals surface area contributed by atoms with Crippen LogP contribution in [0.3, 0.4) is 0 Å². The molecule has 0 aliphatic carbocycles. The number of piperidine rings is 1. The number of hydrogen-bond acceptors (Lipinski definition) is 6. The fraction of sp³-hybridized carbons (Fsp3) is 0.423. The van der Waals surface area contributed by atoms with E-state index in [-0.39, 0.29) is 5.96 Å². The van der Waals surface area contributed by atoms with Gasteiger partial charge >= 0.3 is 0 Å². The van der Waals surface area contributed by atoms with E-state index in [1.165, 1.54) is 24.1 Å². The van der Waals surface area contributed by atoms with Crippen molar-refractivity contribution in [3.63, 3.8) is 0 Å². The average molecular weight is 461 g/mol. The molecule has 180 valence electrons. The van der Waals surface area contributed by atoms with E-state index < -0.39 is 0 Å². The maximum Gasteiger partial charge on any atom is 0.234 e. The molecule has 2 aliphatic rings. The fourth-order valence-electron chi connectivity index (χ4n) is 4.40. The van der Waals surface area contributed by atoms with Crippen molar-refractivity contribution in [2.24, 2.45) is 21.0 Å². The molecule has 0 saturated carbocycles. The molecule has 5 N–H and O–H groups in total. The van der Waals surface area contributed by atoms with Gasteiger partial charge in [-0.3, -0.25) is 0 Å². The molecule has 4 rings (SSSR count). The quantitative estimate of drug-likeness (QED) is 0.302. The van der Waals surface area contributed by atoms with Crippen LogP contribution in [0.2, 0.25) is 0 Å². The molecule has 2 fully saturated rings. The molecule has 0 unspecified atom stereocenters. The molecule has 2 aromatic rings. The highest BCUT2D eigenvalue weighted by Gasteiger charge is 2.15. The number of hydrazone groups is 1. The summed E-state index contributed by atoms with van der Waals surface area (Å²) in [5.41, 5.74) is 15.1. The topological polar surface area (TPSA) is 102 Å². The summed E-state index contributed by atoms with van der Waals surface area (Å²) in [5, 5.41) is 19.5. The van der Waals surface area contributed by atoms with Crippen molar-refractivity contribution in [1.29, 1.82) is 0 Å². The van der Waals surface area contributed by atoms with Crippen molar-refractivity contribution in [2.75, 3.05) is 44.2 Å². The van der Waals surface area contributed by atoms with Crippen LogP contribution in [0.4, 0.5) is 5.69 Å². The smallest absolute Gasteiger partial charge is 0.234 e. The van der Waals surface area contributed by atoms with Crippen LogP contribution >= 0.6 is 0 Å². The van der Waals surface area contributed by atoms with Crippen molar-refractivity contribution in [3.05, 3.63) is 65.2 Å². The van der Waals surface area contributed by atoms with Crippen LogP contribution in [0, 0.1) is 0 Å². The molecule has 0 spiro atoms. The van der Waals surface area contributed by atoms with Gasteiger partial charge in [0.2, 0.25) is 5.96 Å². The molecule has 2 heterocycles. The Kier molecular flexibility index (Phi) is 8.27. The zero-order valence-electron chi connectivity index (χ0n) is 20.2. The molecular weight excluding hydrogens is 424 g/mol. The predicted octanol–water partition coefficient (Wildman–Crippen LogP) is 2.62. The van der Waals surface area contributed by atoms with Gasteiger partial charge in [0, 0.05) is 31.9 Å². The van der Waals surface area contributed by atoms with Gasteiger partial charge in [-0.15, -0.1) is 5.10 Å². The van der Waals surface area contributed by atoms with Crippen LogP contribution in [0.1, 0.15) is 49.3 Å². The second-order valence-corrected chi connectivity index (χ2v) is 8.91. The lowest BCUT2D eigenvalue weighted by molar-refractivity contribution is 0.460. The molecular formula is C26H36N8. The Labute approximate surface area is 202 Å². The maximum atomic E-state index is 5.98. The highest BCUT2D eigenvalue weighted by molar-refractivity contribution is 6.00. The molecule has 2 aromatic carbocycles. The summed E-state index contributed by atoms with van der Waals surface area (Å²) < 4.78 is 0. The number of anilines is 1. The maximum absolute atomic E-state index is 5.98. The minimum Gasteiger partial charge on any atom is -0.369 e. The summed E-state index contributed by atoms with van der Waals surface area (Å²) in [6.07, 6.45) is 2.39. The standard InChI is InChI=1S/C26H36N8/c1-19(21-3-5-23(6-4-21)24-11-13-28-14-12-24)30-32-26(27)33-31-20(2)22-7-9-25(10-8-22)34-17-15-29-16-18-34/h3-10,24,28-29H,11-18H2,1-2H3,(H3,27,32,33)/b30-19+,31-20+. The van der Waals surface area contributed by atoms with Crippen molar-refractivity contribution in [3.8, 4) is 0 Å². The molecule has 34 heavy (non-hydrogen) atoms. The summed E-state index contributed by atoms with van der Waals surface area (Å²) in [7, 11) is 0. The van der Waals surface area contributed by atoms with E-state index in [4.69, 9.17) is 5.73 Å². The van der Waals surface area contributed by atoms with Crippen molar-refractivity contribution < 1.29 is 0 Å². The first-order valence-corrected chi connectivity index (χ1v) is 12.2. The molecule has 8 heteroatoms. The summed E-state index contributed by atoms with van der Waals surface area (Å²) in [6.45, 7) is 10.2. The van der Waals surface area contributed by atoms with Crippen molar-refractivity contribution >= 4 is 23.1 Å². The number of nitrogens with two attached hydrogens (primary N) is 1. The number of nitrogens with one attached hydrogen (secondary N) is 3. The van der Waals surface area contributed by atoms with E-state index in [1.807, 2.05) is 13.8 Å². The van der Waals surface area contributed by atoms with Gasteiger partial charge in [-0.25, -0.2) is 5.43 Å². The third kappa shape index (κ3) is 6.42. The number of piperazine rings is 1. The fourth-order valence-corrected chi connectivity index (χ4v) is 4.40. The lowest BCUT2D eigenvalue weighted by Gasteiger charge is -2.29. The third-order valence-corrected chi connectivity index (χ3v) is 6.55. The first kappa shape index (κ1) is 23.9. The van der Waals surface area contributed by atoms with Gasteiger partial charge in [0.25, 0.3) is 0 Å². The van der Waals surface area contributed by atoms with Gasteiger partial charge in [0.05, 0.1) is 11.4 Å². The number of nitrogens with zero attached hydrogens (tertiary/aromatic N) is 4. The zero-order valence-corrected chi connectivity index (χ0v) is 20.2. The van der Waals surface area contributed by atoms with Crippen molar-refractivity contribution in [2.45, 2.75) is 32.6 Å². The predicted molar refractivity (Wildman–Crippen MR) is 142 cm³/mol. The molecule has 8 nitrogen and oxygen atoms in total.